The lowest BCUT2D eigenvalue weighted by atomic mass is 9.87. The second-order valence-corrected chi connectivity index (χ2v) is 8.56. The maximum atomic E-state index is 12.8. The average molecular weight is 428 g/mol. The van der Waals surface area contributed by atoms with E-state index in [4.69, 9.17) is 16.6 Å². The van der Waals surface area contributed by atoms with Crippen LogP contribution in [-0.2, 0) is 11.2 Å². The molecule has 2 atom stereocenters. The topological polar surface area (TPSA) is 45.2 Å². The first-order chi connectivity index (χ1) is 14.6. The summed E-state index contributed by atoms with van der Waals surface area (Å²) in [6.07, 6.45) is 5.55. The highest BCUT2D eigenvalue weighted by Crippen LogP contribution is 2.28. The number of Topliss-reactive ketones (excluding diaryl/α,β-unsaturated/α-hetero) is 1. The summed E-state index contributed by atoms with van der Waals surface area (Å²) in [4.78, 5) is 19.9. The number of aromatic nitrogens is 1. The van der Waals surface area contributed by atoms with E-state index in [9.17, 15) is 4.79 Å². The van der Waals surface area contributed by atoms with Crippen molar-refractivity contribution < 1.29 is 4.79 Å². The lowest BCUT2D eigenvalue weighted by molar-refractivity contribution is -0.121. The Morgan fingerprint density at radius 2 is 1.97 bits per heavy atom. The van der Waals surface area contributed by atoms with Crippen molar-refractivity contribution in [1.82, 2.24) is 10.3 Å². The predicted molar refractivity (Wildman–Crippen MR) is 126 cm³/mol. The van der Waals surface area contributed by atoms with Gasteiger partial charge in [-0.3, -0.25) is 4.79 Å². The maximum Gasteiger partial charge on any atom is 0.150 e. The van der Waals surface area contributed by atoms with Gasteiger partial charge in [-0.05, 0) is 88.2 Å². The number of hydrogen-bond donors (Lipinski definition) is 1. The molecule has 1 fully saturated rings. The van der Waals surface area contributed by atoms with Crippen LogP contribution in [0.1, 0.15) is 63.1 Å². The SMILES string of the molecule is CCN(CC)c1cccc(CCCC(CC(=O)[C@@H]2CCCN2)c2ccc(Cl)cc2)n1. The summed E-state index contributed by atoms with van der Waals surface area (Å²) in [6, 6.07) is 14.3. The molecular formula is C25H34ClN3O. The normalized spacial score (nSPS) is 17.1. The minimum Gasteiger partial charge on any atom is -0.357 e. The Morgan fingerprint density at radius 1 is 1.20 bits per heavy atom. The lowest BCUT2D eigenvalue weighted by Crippen LogP contribution is -2.31. The van der Waals surface area contributed by atoms with Crippen molar-refractivity contribution in [2.45, 2.75) is 64.3 Å². The van der Waals surface area contributed by atoms with Crippen LogP contribution >= 0.6 is 11.6 Å². The van der Waals surface area contributed by atoms with Gasteiger partial charge in [-0.1, -0.05) is 29.8 Å². The molecule has 0 saturated carbocycles. The van der Waals surface area contributed by atoms with Gasteiger partial charge in [0.1, 0.15) is 11.6 Å². The highest BCUT2D eigenvalue weighted by atomic mass is 35.5. The van der Waals surface area contributed by atoms with E-state index < -0.39 is 0 Å². The Balaban J connectivity index is 1.63. The van der Waals surface area contributed by atoms with Crippen molar-refractivity contribution in [3.63, 3.8) is 0 Å². The molecule has 1 saturated heterocycles. The van der Waals surface area contributed by atoms with Crippen molar-refractivity contribution in [3.05, 3.63) is 58.7 Å². The van der Waals surface area contributed by atoms with E-state index in [2.05, 4.69) is 54.4 Å². The first-order valence-corrected chi connectivity index (χ1v) is 11.7. The molecule has 2 heterocycles. The predicted octanol–water partition coefficient (Wildman–Crippen LogP) is 5.40. The number of halogens is 1. The zero-order valence-corrected chi connectivity index (χ0v) is 19.0. The fourth-order valence-corrected chi connectivity index (χ4v) is 4.45. The fraction of sp³-hybridized carbons (Fsp3) is 0.520. The van der Waals surface area contributed by atoms with E-state index in [0.717, 1.165) is 68.3 Å². The van der Waals surface area contributed by atoms with Crippen LogP contribution in [0.25, 0.3) is 0 Å². The molecule has 1 aliphatic heterocycles. The lowest BCUT2D eigenvalue weighted by Gasteiger charge is -2.21. The minimum atomic E-state index is 0.0345. The van der Waals surface area contributed by atoms with E-state index in [-0.39, 0.29) is 12.0 Å². The number of hydrogen-bond acceptors (Lipinski definition) is 4. The van der Waals surface area contributed by atoms with Crippen LogP contribution in [0.4, 0.5) is 5.82 Å². The highest BCUT2D eigenvalue weighted by molar-refractivity contribution is 6.30. The Morgan fingerprint density at radius 3 is 2.63 bits per heavy atom. The van der Waals surface area contributed by atoms with Gasteiger partial charge in [-0.15, -0.1) is 0 Å². The molecule has 4 nitrogen and oxygen atoms in total. The van der Waals surface area contributed by atoms with Crippen molar-refractivity contribution in [2.24, 2.45) is 0 Å². The molecular weight excluding hydrogens is 394 g/mol. The molecule has 1 aliphatic rings. The van der Waals surface area contributed by atoms with Crippen molar-refractivity contribution in [3.8, 4) is 0 Å². The number of ketones is 1. The van der Waals surface area contributed by atoms with Crippen LogP contribution < -0.4 is 10.2 Å². The van der Waals surface area contributed by atoms with Crippen LogP contribution in [0.5, 0.6) is 0 Å². The van der Waals surface area contributed by atoms with Crippen LogP contribution in [0.2, 0.25) is 5.02 Å². The molecule has 1 unspecified atom stereocenters. The van der Waals surface area contributed by atoms with Crippen molar-refractivity contribution in [2.75, 3.05) is 24.5 Å². The summed E-state index contributed by atoms with van der Waals surface area (Å²) in [5, 5.41) is 4.08. The molecule has 162 valence electrons. The highest BCUT2D eigenvalue weighted by Gasteiger charge is 2.25. The van der Waals surface area contributed by atoms with Crippen LogP contribution in [0.3, 0.4) is 0 Å². The van der Waals surface area contributed by atoms with Crippen molar-refractivity contribution in [1.29, 1.82) is 0 Å². The van der Waals surface area contributed by atoms with E-state index in [1.165, 1.54) is 5.56 Å². The fourth-order valence-electron chi connectivity index (χ4n) is 4.33. The largest absolute Gasteiger partial charge is 0.357 e. The van der Waals surface area contributed by atoms with Crippen LogP contribution in [0, 0.1) is 0 Å². The van der Waals surface area contributed by atoms with Gasteiger partial charge in [0.05, 0.1) is 6.04 Å². The Bertz CT molecular complexity index is 798. The van der Waals surface area contributed by atoms with Crippen molar-refractivity contribution >= 4 is 23.2 Å². The van der Waals surface area contributed by atoms with Gasteiger partial charge in [0.15, 0.2) is 0 Å². The van der Waals surface area contributed by atoms with Gasteiger partial charge < -0.3 is 10.2 Å². The number of nitrogens with zero attached hydrogens (tertiary/aromatic N) is 2. The van der Waals surface area contributed by atoms with Gasteiger partial charge in [-0.2, -0.15) is 0 Å². The molecule has 30 heavy (non-hydrogen) atoms. The number of rotatable bonds is 11. The Hall–Kier alpha value is -1.91. The molecule has 0 amide bonds. The van der Waals surface area contributed by atoms with Gasteiger partial charge in [0.2, 0.25) is 0 Å². The average Bonchev–Trinajstić information content (AvgIpc) is 3.30. The van der Waals surface area contributed by atoms with Crippen LogP contribution in [-0.4, -0.2) is 36.4 Å². The number of carbonyl (C=O) groups excluding carboxylic acids is 1. The standard InChI is InChI=1S/C25H34ClN3O/c1-3-29(4-2)25-12-6-10-22(28-25)9-5-8-20(19-13-15-21(26)16-14-19)18-24(30)23-11-7-17-27-23/h6,10,12-16,20,23,27H,3-5,7-9,11,17-18H2,1-2H3/t20?,23-/m0/s1. The summed E-state index contributed by atoms with van der Waals surface area (Å²) >= 11 is 6.09. The number of pyridine rings is 1. The molecule has 2 aromatic rings. The second-order valence-electron chi connectivity index (χ2n) is 8.12. The molecule has 5 heteroatoms. The third-order valence-corrected chi connectivity index (χ3v) is 6.35. The minimum absolute atomic E-state index is 0.0345. The maximum absolute atomic E-state index is 12.8. The molecule has 1 aromatic heterocycles. The molecule has 0 radical (unpaired) electrons. The smallest absolute Gasteiger partial charge is 0.150 e. The zero-order valence-electron chi connectivity index (χ0n) is 18.2. The quantitative estimate of drug-likeness (QED) is 0.521. The van der Waals surface area contributed by atoms with Crippen LogP contribution in [0.15, 0.2) is 42.5 Å². The first kappa shape index (κ1) is 22.8. The number of nitrogens with one attached hydrogen (secondary N) is 1. The van der Waals surface area contributed by atoms with Gasteiger partial charge in [-0.25, -0.2) is 4.98 Å². The number of benzene rings is 1. The zero-order chi connectivity index (χ0) is 21.3. The molecule has 0 aliphatic carbocycles. The van der Waals surface area contributed by atoms with E-state index in [0.29, 0.717) is 12.2 Å². The summed E-state index contributed by atoms with van der Waals surface area (Å²) in [5.74, 6) is 1.62. The second kappa shape index (κ2) is 11.5. The van der Waals surface area contributed by atoms with Gasteiger partial charge in [0, 0.05) is 30.2 Å². The van der Waals surface area contributed by atoms with Gasteiger partial charge >= 0.3 is 0 Å². The third kappa shape index (κ3) is 6.29. The first-order valence-electron chi connectivity index (χ1n) is 11.3. The molecule has 3 rings (SSSR count). The molecule has 1 N–H and O–H groups in total. The third-order valence-electron chi connectivity index (χ3n) is 6.10. The summed E-state index contributed by atoms with van der Waals surface area (Å²) in [6.45, 7) is 7.19. The molecule has 1 aromatic carbocycles. The molecule has 0 bridgehead atoms. The Kier molecular flexibility index (Phi) is 8.71. The summed E-state index contributed by atoms with van der Waals surface area (Å²) < 4.78 is 0. The summed E-state index contributed by atoms with van der Waals surface area (Å²) in [5.41, 5.74) is 2.33. The summed E-state index contributed by atoms with van der Waals surface area (Å²) in [7, 11) is 0. The molecule has 0 spiro atoms. The van der Waals surface area contributed by atoms with E-state index in [1.54, 1.807) is 0 Å². The number of anilines is 1. The van der Waals surface area contributed by atoms with E-state index >= 15 is 0 Å². The number of aryl methyl sites for hydroxylation is 1. The van der Waals surface area contributed by atoms with E-state index in [1.807, 2.05) is 12.1 Å². The monoisotopic (exact) mass is 427 g/mol. The van der Waals surface area contributed by atoms with Gasteiger partial charge in [0.25, 0.3) is 0 Å². The number of carbonyl (C=O) groups is 1. The Labute approximate surface area is 186 Å².